The minimum absolute atomic E-state index is 0.0745. The number of hydrogen-bond acceptors (Lipinski definition) is 5. The third-order valence-corrected chi connectivity index (χ3v) is 3.33. The lowest BCUT2D eigenvalue weighted by atomic mass is 9.99. The van der Waals surface area contributed by atoms with Crippen LogP contribution in [0, 0.1) is 6.92 Å². The molecule has 2 atom stereocenters. The minimum atomic E-state index is -0.352. The van der Waals surface area contributed by atoms with Crippen molar-refractivity contribution in [3.63, 3.8) is 0 Å². The molecule has 5 nitrogen and oxygen atoms in total. The van der Waals surface area contributed by atoms with E-state index in [-0.39, 0.29) is 17.9 Å². The highest BCUT2D eigenvalue weighted by atomic mass is 16.5. The molecular formula is C16H20N2O3. The van der Waals surface area contributed by atoms with Crippen LogP contribution < -0.4 is 5.32 Å². The molecule has 0 amide bonds. The van der Waals surface area contributed by atoms with E-state index in [9.17, 15) is 4.79 Å². The van der Waals surface area contributed by atoms with E-state index in [0.717, 1.165) is 11.3 Å². The van der Waals surface area contributed by atoms with Crippen molar-refractivity contribution in [3.05, 3.63) is 53.7 Å². The molecule has 0 aliphatic rings. The SMILES string of the molecule is COC(=O)C(CNC(C)c1ncc(C)o1)c1ccccc1. The predicted octanol–water partition coefficient (Wildman–Crippen LogP) is 2.59. The fourth-order valence-electron chi connectivity index (χ4n) is 2.12. The van der Waals surface area contributed by atoms with Gasteiger partial charge >= 0.3 is 5.97 Å². The predicted molar refractivity (Wildman–Crippen MR) is 78.9 cm³/mol. The number of hydrogen-bond donors (Lipinski definition) is 1. The van der Waals surface area contributed by atoms with Gasteiger partial charge in [0.1, 0.15) is 5.76 Å². The van der Waals surface area contributed by atoms with E-state index in [4.69, 9.17) is 9.15 Å². The highest BCUT2D eigenvalue weighted by Gasteiger charge is 2.22. The Balaban J connectivity index is 2.04. The monoisotopic (exact) mass is 288 g/mol. The first kappa shape index (κ1) is 15.3. The molecule has 0 fully saturated rings. The van der Waals surface area contributed by atoms with Crippen LogP contribution in [0.25, 0.3) is 0 Å². The van der Waals surface area contributed by atoms with Crippen molar-refractivity contribution in [2.45, 2.75) is 25.8 Å². The molecule has 1 heterocycles. The zero-order valence-electron chi connectivity index (χ0n) is 12.5. The van der Waals surface area contributed by atoms with Crippen LogP contribution in [0.1, 0.15) is 36.1 Å². The highest BCUT2D eigenvalue weighted by molar-refractivity contribution is 5.78. The summed E-state index contributed by atoms with van der Waals surface area (Å²) >= 11 is 0. The maximum absolute atomic E-state index is 12.0. The van der Waals surface area contributed by atoms with Crippen LogP contribution in [0.15, 0.2) is 40.9 Å². The first-order valence-electron chi connectivity index (χ1n) is 6.90. The molecule has 2 unspecified atom stereocenters. The largest absolute Gasteiger partial charge is 0.469 e. The minimum Gasteiger partial charge on any atom is -0.469 e. The van der Waals surface area contributed by atoms with Gasteiger partial charge in [-0.3, -0.25) is 4.79 Å². The maximum Gasteiger partial charge on any atom is 0.314 e. The van der Waals surface area contributed by atoms with Crippen molar-refractivity contribution in [3.8, 4) is 0 Å². The van der Waals surface area contributed by atoms with Crippen LogP contribution in [0.3, 0.4) is 0 Å². The summed E-state index contributed by atoms with van der Waals surface area (Å²) < 4.78 is 10.4. The molecule has 1 aromatic carbocycles. The summed E-state index contributed by atoms with van der Waals surface area (Å²) in [6.07, 6.45) is 1.68. The van der Waals surface area contributed by atoms with Gasteiger partial charge in [0, 0.05) is 6.54 Å². The Morgan fingerprint density at radius 3 is 2.67 bits per heavy atom. The number of ether oxygens (including phenoxy) is 1. The number of esters is 1. The van der Waals surface area contributed by atoms with E-state index in [2.05, 4.69) is 10.3 Å². The van der Waals surface area contributed by atoms with Gasteiger partial charge < -0.3 is 14.5 Å². The molecule has 112 valence electrons. The molecule has 0 aliphatic heterocycles. The summed E-state index contributed by atoms with van der Waals surface area (Å²) in [6.45, 7) is 4.26. The van der Waals surface area contributed by atoms with Crippen LogP contribution in [0.5, 0.6) is 0 Å². The smallest absolute Gasteiger partial charge is 0.314 e. The lowest BCUT2D eigenvalue weighted by Gasteiger charge is -2.18. The summed E-state index contributed by atoms with van der Waals surface area (Å²) in [5.74, 6) is 0.773. The summed E-state index contributed by atoms with van der Waals surface area (Å²) in [5, 5.41) is 3.27. The zero-order chi connectivity index (χ0) is 15.2. The van der Waals surface area contributed by atoms with Crippen LogP contribution in [-0.4, -0.2) is 24.6 Å². The third-order valence-electron chi connectivity index (χ3n) is 3.33. The number of carbonyl (C=O) groups is 1. The van der Waals surface area contributed by atoms with Crippen LogP contribution >= 0.6 is 0 Å². The van der Waals surface area contributed by atoms with Gasteiger partial charge in [-0.15, -0.1) is 0 Å². The van der Waals surface area contributed by atoms with Gasteiger partial charge in [-0.2, -0.15) is 0 Å². The van der Waals surface area contributed by atoms with Crippen LogP contribution in [0.4, 0.5) is 0 Å². The molecule has 21 heavy (non-hydrogen) atoms. The van der Waals surface area contributed by atoms with Crippen molar-refractivity contribution in [2.75, 3.05) is 13.7 Å². The number of aryl methyl sites for hydroxylation is 1. The number of methoxy groups -OCH3 is 1. The molecule has 2 rings (SSSR count). The fraction of sp³-hybridized carbons (Fsp3) is 0.375. The quantitative estimate of drug-likeness (QED) is 0.828. The molecule has 0 saturated carbocycles. The van der Waals surface area contributed by atoms with Gasteiger partial charge in [0.25, 0.3) is 0 Å². The number of rotatable bonds is 6. The van der Waals surface area contributed by atoms with Crippen LogP contribution in [0.2, 0.25) is 0 Å². The van der Waals surface area contributed by atoms with E-state index >= 15 is 0 Å². The van der Waals surface area contributed by atoms with E-state index in [1.165, 1.54) is 7.11 Å². The molecule has 0 aliphatic carbocycles. The Kier molecular flexibility index (Phi) is 5.11. The lowest BCUT2D eigenvalue weighted by molar-refractivity contribution is -0.142. The third kappa shape index (κ3) is 3.92. The Labute approximate surface area is 124 Å². The van der Waals surface area contributed by atoms with Crippen molar-refractivity contribution in [1.29, 1.82) is 0 Å². The number of benzene rings is 1. The topological polar surface area (TPSA) is 64.4 Å². The number of nitrogens with one attached hydrogen (secondary N) is 1. The summed E-state index contributed by atoms with van der Waals surface area (Å²) in [4.78, 5) is 16.2. The van der Waals surface area contributed by atoms with E-state index in [1.807, 2.05) is 44.2 Å². The van der Waals surface area contributed by atoms with E-state index in [1.54, 1.807) is 6.20 Å². The second kappa shape index (κ2) is 7.04. The Hall–Kier alpha value is -2.14. The summed E-state index contributed by atoms with van der Waals surface area (Å²) in [6, 6.07) is 9.50. The van der Waals surface area contributed by atoms with Gasteiger partial charge in [0.05, 0.1) is 25.3 Å². The van der Waals surface area contributed by atoms with Gasteiger partial charge in [-0.25, -0.2) is 4.98 Å². The zero-order valence-corrected chi connectivity index (χ0v) is 12.5. The van der Waals surface area contributed by atoms with Crippen molar-refractivity contribution in [2.24, 2.45) is 0 Å². The molecule has 0 saturated heterocycles. The highest BCUT2D eigenvalue weighted by Crippen LogP contribution is 2.18. The van der Waals surface area contributed by atoms with Crippen molar-refractivity contribution < 1.29 is 13.9 Å². The molecular weight excluding hydrogens is 268 g/mol. The average molecular weight is 288 g/mol. The van der Waals surface area contributed by atoms with Gasteiger partial charge in [-0.1, -0.05) is 30.3 Å². The molecule has 2 aromatic rings. The molecule has 0 spiro atoms. The first-order valence-corrected chi connectivity index (χ1v) is 6.90. The average Bonchev–Trinajstić information content (AvgIpc) is 2.94. The standard InChI is InChI=1S/C16H20N2O3/c1-11-9-18-15(21-11)12(2)17-10-14(16(19)20-3)13-7-5-4-6-8-13/h4-9,12,14,17H,10H2,1-3H3. The fourth-order valence-corrected chi connectivity index (χ4v) is 2.12. The van der Waals surface area contributed by atoms with Crippen molar-refractivity contribution in [1.82, 2.24) is 10.3 Å². The van der Waals surface area contributed by atoms with Gasteiger partial charge in [0.2, 0.25) is 5.89 Å². The number of carbonyl (C=O) groups excluding carboxylic acids is 1. The Bertz CT molecular complexity index is 580. The van der Waals surface area contributed by atoms with Gasteiger partial charge in [-0.05, 0) is 19.4 Å². The molecule has 0 radical (unpaired) electrons. The number of aromatic nitrogens is 1. The number of oxazole rings is 1. The first-order chi connectivity index (χ1) is 10.1. The maximum atomic E-state index is 12.0. The number of nitrogens with zero attached hydrogens (tertiary/aromatic N) is 1. The molecule has 0 bridgehead atoms. The van der Waals surface area contributed by atoms with E-state index < -0.39 is 0 Å². The Morgan fingerprint density at radius 1 is 1.38 bits per heavy atom. The summed E-state index contributed by atoms with van der Waals surface area (Å²) in [5.41, 5.74) is 0.924. The molecule has 1 aromatic heterocycles. The summed E-state index contributed by atoms with van der Waals surface area (Å²) in [7, 11) is 1.40. The van der Waals surface area contributed by atoms with Crippen LogP contribution in [-0.2, 0) is 9.53 Å². The second-order valence-electron chi connectivity index (χ2n) is 4.93. The van der Waals surface area contributed by atoms with E-state index in [0.29, 0.717) is 12.4 Å². The Morgan fingerprint density at radius 2 is 2.10 bits per heavy atom. The lowest BCUT2D eigenvalue weighted by Crippen LogP contribution is -2.29. The molecule has 1 N–H and O–H groups in total. The van der Waals surface area contributed by atoms with Gasteiger partial charge in [0.15, 0.2) is 0 Å². The second-order valence-corrected chi connectivity index (χ2v) is 4.93. The van der Waals surface area contributed by atoms with Crippen molar-refractivity contribution >= 4 is 5.97 Å². The molecule has 5 heteroatoms. The normalized spacial score (nSPS) is 13.7.